The molecule has 0 atom stereocenters. The van der Waals surface area contributed by atoms with Crippen LogP contribution in [0.4, 0.5) is 0 Å². The van der Waals surface area contributed by atoms with E-state index in [0.717, 1.165) is 6.42 Å². The Hall–Kier alpha value is 0.163. The molecule has 0 amide bonds. The van der Waals surface area contributed by atoms with Crippen molar-refractivity contribution in [1.29, 1.82) is 0 Å². The number of allylic oxidation sites excluding steroid dienone is 4. The van der Waals surface area contributed by atoms with Crippen molar-refractivity contribution in [2.45, 2.75) is 6.42 Å². The normalized spacial score (nSPS) is 11.9. The van der Waals surface area contributed by atoms with Crippen LogP contribution < -0.4 is 0 Å². The van der Waals surface area contributed by atoms with Crippen LogP contribution in [0.15, 0.2) is 42.5 Å². The molecule has 14 heavy (non-hydrogen) atoms. The molecule has 3 heteroatoms. The van der Waals surface area contributed by atoms with Crippen molar-refractivity contribution in [1.82, 2.24) is 0 Å². The van der Waals surface area contributed by atoms with Gasteiger partial charge in [-0.2, -0.15) is 11.6 Å². The largest absolute Gasteiger partial charge is 0.272 e. The molecule has 0 bridgehead atoms. The van der Waals surface area contributed by atoms with Crippen molar-refractivity contribution in [3.63, 3.8) is 0 Å². The monoisotopic (exact) mass is 303 g/mol. The molecule has 0 radical (unpaired) electrons. The van der Waals surface area contributed by atoms with E-state index in [2.05, 4.69) is 42.5 Å². The quantitative estimate of drug-likeness (QED) is 0.694. The molecule has 1 aliphatic rings. The Morgan fingerprint density at radius 3 is 2.14 bits per heavy atom. The van der Waals surface area contributed by atoms with E-state index in [1.54, 1.807) is 0 Å². The zero-order valence-corrected chi connectivity index (χ0v) is 11.7. The zero-order valence-electron chi connectivity index (χ0n) is 7.57. The van der Waals surface area contributed by atoms with Gasteiger partial charge in [-0.25, -0.2) is 6.08 Å². The van der Waals surface area contributed by atoms with E-state index < -0.39 is 0 Å². The molecule has 0 spiro atoms. The minimum Gasteiger partial charge on any atom is -0.272 e. The van der Waals surface area contributed by atoms with Gasteiger partial charge in [0.15, 0.2) is 0 Å². The third-order valence-electron chi connectivity index (χ3n) is 1.80. The Labute approximate surface area is 116 Å². The van der Waals surface area contributed by atoms with Crippen molar-refractivity contribution < 1.29 is 26.2 Å². The van der Waals surface area contributed by atoms with Crippen molar-refractivity contribution in [3.05, 3.63) is 54.1 Å². The fourth-order valence-corrected chi connectivity index (χ4v) is 1.23. The van der Waals surface area contributed by atoms with E-state index >= 15 is 0 Å². The molecular formula is C11H11Cl2Zr-. The van der Waals surface area contributed by atoms with Crippen LogP contribution in [0.3, 0.4) is 0 Å². The topological polar surface area (TPSA) is 0 Å². The molecule has 0 saturated carbocycles. The second kappa shape index (κ2) is 8.47. The van der Waals surface area contributed by atoms with E-state index in [4.69, 9.17) is 0 Å². The van der Waals surface area contributed by atoms with Crippen LogP contribution in [0.2, 0.25) is 0 Å². The number of hydrogen-bond donors (Lipinski definition) is 0. The van der Waals surface area contributed by atoms with Gasteiger partial charge < -0.3 is 0 Å². The summed E-state index contributed by atoms with van der Waals surface area (Å²) in [6.45, 7) is 0. The molecule has 1 aromatic carbocycles. The van der Waals surface area contributed by atoms with Gasteiger partial charge in [0.1, 0.15) is 0 Å². The molecule has 0 aliphatic heterocycles. The maximum Gasteiger partial charge on any atom is 0 e. The summed E-state index contributed by atoms with van der Waals surface area (Å²) in [6.07, 6.45) is 8.36. The van der Waals surface area contributed by atoms with E-state index in [0.29, 0.717) is 0 Å². The molecule has 0 heterocycles. The van der Waals surface area contributed by atoms with Crippen LogP contribution in [0.5, 0.6) is 0 Å². The summed E-state index contributed by atoms with van der Waals surface area (Å²) in [5.41, 5.74) is 2.59. The van der Waals surface area contributed by atoms with Gasteiger partial charge >= 0.3 is 0 Å². The molecule has 0 aromatic heterocycles. The third-order valence-corrected chi connectivity index (χ3v) is 1.80. The van der Waals surface area contributed by atoms with Crippen molar-refractivity contribution >= 4 is 30.4 Å². The Morgan fingerprint density at radius 1 is 1.00 bits per heavy atom. The summed E-state index contributed by atoms with van der Waals surface area (Å²) in [5.74, 6) is 0. The summed E-state index contributed by atoms with van der Waals surface area (Å²) in [5, 5.41) is 0. The SMILES string of the molecule is Cl.Cl.[C-]1=CC(c2ccccc2)=CC1.[Zr]. The van der Waals surface area contributed by atoms with Gasteiger partial charge in [0, 0.05) is 26.2 Å². The van der Waals surface area contributed by atoms with Crippen molar-refractivity contribution in [2.24, 2.45) is 0 Å². The van der Waals surface area contributed by atoms with Gasteiger partial charge in [0.25, 0.3) is 0 Å². The predicted octanol–water partition coefficient (Wildman–Crippen LogP) is 3.67. The molecule has 1 aliphatic carbocycles. The van der Waals surface area contributed by atoms with Crippen molar-refractivity contribution in [2.75, 3.05) is 0 Å². The van der Waals surface area contributed by atoms with Crippen LogP contribution in [0.1, 0.15) is 12.0 Å². The molecule has 0 fully saturated rings. The standard InChI is InChI=1S/C11H9.2ClH.Zr/c1-2-6-10(7-3-1)11-8-4-5-9-11;;;/h1-3,6-9H,4H2;2*1H;/q-1;;;. The second-order valence-electron chi connectivity index (χ2n) is 2.58. The number of hydrogen-bond acceptors (Lipinski definition) is 0. The molecule has 0 saturated heterocycles. The van der Waals surface area contributed by atoms with E-state index in [-0.39, 0.29) is 51.0 Å². The van der Waals surface area contributed by atoms with Crippen LogP contribution in [-0.4, -0.2) is 0 Å². The van der Waals surface area contributed by atoms with E-state index in [1.165, 1.54) is 11.1 Å². The first-order chi connectivity index (χ1) is 5.47. The van der Waals surface area contributed by atoms with E-state index in [1.807, 2.05) is 6.07 Å². The first kappa shape index (κ1) is 16.6. The fourth-order valence-electron chi connectivity index (χ4n) is 1.23. The van der Waals surface area contributed by atoms with Gasteiger partial charge in [-0.05, 0) is 0 Å². The molecule has 2 rings (SSSR count). The van der Waals surface area contributed by atoms with Crippen LogP contribution >= 0.6 is 24.8 Å². The van der Waals surface area contributed by atoms with Crippen LogP contribution in [0, 0.1) is 6.08 Å². The molecule has 1 aromatic rings. The van der Waals surface area contributed by atoms with Gasteiger partial charge in [0.2, 0.25) is 0 Å². The van der Waals surface area contributed by atoms with E-state index in [9.17, 15) is 0 Å². The molecule has 0 unspecified atom stereocenters. The third kappa shape index (κ3) is 4.13. The number of rotatable bonds is 1. The number of halogens is 2. The predicted molar refractivity (Wildman–Crippen MR) is 61.3 cm³/mol. The first-order valence-electron chi connectivity index (χ1n) is 3.79. The van der Waals surface area contributed by atoms with Gasteiger partial charge in [0.05, 0.1) is 0 Å². The Kier molecular flexibility index (Phi) is 10.0. The second-order valence-corrected chi connectivity index (χ2v) is 2.58. The molecular weight excluding hydrogens is 294 g/mol. The summed E-state index contributed by atoms with van der Waals surface area (Å²) in [4.78, 5) is 0. The summed E-state index contributed by atoms with van der Waals surface area (Å²) in [6, 6.07) is 10.4. The fraction of sp³-hybridized carbons (Fsp3) is 0.0909. The van der Waals surface area contributed by atoms with Crippen molar-refractivity contribution in [3.8, 4) is 0 Å². The summed E-state index contributed by atoms with van der Waals surface area (Å²) < 4.78 is 0. The Balaban J connectivity index is 0. The maximum atomic E-state index is 3.15. The van der Waals surface area contributed by atoms with Gasteiger partial charge in [-0.1, -0.05) is 30.3 Å². The Morgan fingerprint density at radius 2 is 1.64 bits per heavy atom. The average Bonchev–Trinajstić information content (AvgIpc) is 2.58. The zero-order chi connectivity index (χ0) is 7.52. The summed E-state index contributed by atoms with van der Waals surface area (Å²) in [7, 11) is 0. The molecule has 0 N–H and O–H groups in total. The first-order valence-corrected chi connectivity index (χ1v) is 3.79. The maximum absolute atomic E-state index is 3.15. The minimum absolute atomic E-state index is 0. The smallest absolute Gasteiger partial charge is 0 e. The molecule has 74 valence electrons. The minimum atomic E-state index is 0. The Bertz CT molecular complexity index is 304. The summed E-state index contributed by atoms with van der Waals surface area (Å²) >= 11 is 0. The number of benzene rings is 1. The van der Waals surface area contributed by atoms with Crippen LogP contribution in [-0.2, 0) is 26.2 Å². The average molecular weight is 305 g/mol. The molecule has 0 nitrogen and oxygen atoms in total. The van der Waals surface area contributed by atoms with Gasteiger partial charge in [-0.3, -0.25) is 6.08 Å². The van der Waals surface area contributed by atoms with Crippen LogP contribution in [0.25, 0.3) is 5.57 Å². The van der Waals surface area contributed by atoms with Gasteiger partial charge in [-0.15, -0.1) is 36.8 Å².